The van der Waals surface area contributed by atoms with Crippen LogP contribution in [-0.2, 0) is 4.79 Å². The largest absolute Gasteiger partial charge is 0.487 e. The van der Waals surface area contributed by atoms with Crippen molar-refractivity contribution in [1.29, 1.82) is 0 Å². The Morgan fingerprint density at radius 1 is 1.57 bits per heavy atom. The highest BCUT2D eigenvalue weighted by atomic mass is 79.9. The van der Waals surface area contributed by atoms with Crippen LogP contribution in [0.5, 0.6) is 5.75 Å². The molecule has 0 saturated heterocycles. The van der Waals surface area contributed by atoms with E-state index in [1.165, 1.54) is 0 Å². The molecule has 1 heterocycles. The van der Waals surface area contributed by atoms with Crippen molar-refractivity contribution in [3.8, 4) is 5.75 Å². The maximum Gasteiger partial charge on any atom is 0.228 e. The van der Waals surface area contributed by atoms with E-state index < -0.39 is 0 Å². The van der Waals surface area contributed by atoms with Crippen molar-refractivity contribution in [1.82, 2.24) is 0 Å². The molecule has 0 saturated carbocycles. The molecule has 14 heavy (non-hydrogen) atoms. The Hall–Kier alpha value is -1.03. The normalized spacial score (nSPS) is 20.4. The van der Waals surface area contributed by atoms with E-state index in [0.29, 0.717) is 12.2 Å². The summed E-state index contributed by atoms with van der Waals surface area (Å²) in [5.74, 6) is 0.709. The number of carbonyl (C=O) groups is 1. The van der Waals surface area contributed by atoms with Gasteiger partial charge in [-0.25, -0.2) is 0 Å². The third-order valence-corrected chi connectivity index (χ3v) is 2.66. The van der Waals surface area contributed by atoms with E-state index in [-0.39, 0.29) is 12.0 Å². The van der Waals surface area contributed by atoms with E-state index in [9.17, 15) is 4.79 Å². The van der Waals surface area contributed by atoms with E-state index in [2.05, 4.69) is 21.2 Å². The van der Waals surface area contributed by atoms with Crippen molar-refractivity contribution >= 4 is 27.5 Å². The molecule has 1 aliphatic heterocycles. The minimum absolute atomic E-state index is 0.00523. The molecule has 3 nitrogen and oxygen atoms in total. The summed E-state index contributed by atoms with van der Waals surface area (Å²) in [5.41, 5.74) is 0.730. The zero-order chi connectivity index (χ0) is 10.1. The molecule has 0 unspecified atom stereocenters. The molecule has 1 aromatic rings. The van der Waals surface area contributed by atoms with Gasteiger partial charge in [-0.3, -0.25) is 4.79 Å². The van der Waals surface area contributed by atoms with Crippen LogP contribution in [0.25, 0.3) is 0 Å². The van der Waals surface area contributed by atoms with Crippen LogP contribution in [0, 0.1) is 0 Å². The van der Waals surface area contributed by atoms with Gasteiger partial charge in [-0.05, 0) is 35.0 Å². The average Bonchev–Trinajstić information content (AvgIpc) is 2.23. The Labute approximate surface area is 90.6 Å². The molecule has 0 aromatic heterocycles. The maximum atomic E-state index is 11.4. The van der Waals surface area contributed by atoms with E-state index in [1.807, 2.05) is 25.1 Å². The quantitative estimate of drug-likeness (QED) is 0.774. The molecule has 2 rings (SSSR count). The summed E-state index contributed by atoms with van der Waals surface area (Å²) < 4.78 is 6.49. The molecule has 1 atom stereocenters. The lowest BCUT2D eigenvalue weighted by molar-refractivity contribution is -0.117. The number of ether oxygens (including phenoxy) is 1. The van der Waals surface area contributed by atoms with Gasteiger partial charge >= 0.3 is 0 Å². The summed E-state index contributed by atoms with van der Waals surface area (Å²) in [5, 5.41) is 2.80. The van der Waals surface area contributed by atoms with Crippen LogP contribution in [0.3, 0.4) is 0 Å². The van der Waals surface area contributed by atoms with Gasteiger partial charge in [0.15, 0.2) is 5.75 Å². The summed E-state index contributed by atoms with van der Waals surface area (Å²) >= 11 is 3.39. The third-order valence-electron chi connectivity index (χ3n) is 2.03. The smallest absolute Gasteiger partial charge is 0.228 e. The van der Waals surface area contributed by atoms with Crippen molar-refractivity contribution in [2.45, 2.75) is 19.4 Å². The number of amides is 1. The molecular weight excluding hydrogens is 246 g/mol. The number of nitrogens with one attached hydrogen (secondary N) is 1. The molecule has 0 radical (unpaired) electrons. The number of fused-ring (bicyclic) bond motifs is 1. The number of hydrogen-bond acceptors (Lipinski definition) is 2. The van der Waals surface area contributed by atoms with Crippen LogP contribution >= 0.6 is 15.9 Å². The highest BCUT2D eigenvalue weighted by Gasteiger charge is 2.20. The molecule has 0 fully saturated rings. The van der Waals surface area contributed by atoms with E-state index in [4.69, 9.17) is 4.74 Å². The lowest BCUT2D eigenvalue weighted by Crippen LogP contribution is -2.17. The Bertz CT molecular complexity index is 378. The summed E-state index contributed by atoms with van der Waals surface area (Å²) in [6, 6.07) is 5.58. The monoisotopic (exact) mass is 255 g/mol. The van der Waals surface area contributed by atoms with Gasteiger partial charge in [0.25, 0.3) is 0 Å². The second-order valence-electron chi connectivity index (χ2n) is 3.30. The van der Waals surface area contributed by atoms with Crippen LogP contribution in [0.2, 0.25) is 0 Å². The van der Waals surface area contributed by atoms with Gasteiger partial charge < -0.3 is 10.1 Å². The lowest BCUT2D eigenvalue weighted by atomic mass is 10.3. The molecule has 1 aliphatic rings. The number of anilines is 1. The summed E-state index contributed by atoms with van der Waals surface area (Å²) in [6.07, 6.45) is 0.302. The van der Waals surface area contributed by atoms with Crippen LogP contribution in [-0.4, -0.2) is 12.0 Å². The number of rotatable bonds is 0. The fraction of sp³-hybridized carbons (Fsp3) is 0.300. The molecule has 1 amide bonds. The topological polar surface area (TPSA) is 38.3 Å². The summed E-state index contributed by atoms with van der Waals surface area (Å²) in [7, 11) is 0. The van der Waals surface area contributed by atoms with Gasteiger partial charge in [0.1, 0.15) is 6.10 Å². The summed E-state index contributed by atoms with van der Waals surface area (Å²) in [6.45, 7) is 1.88. The predicted molar refractivity (Wildman–Crippen MR) is 57.5 cm³/mol. The van der Waals surface area contributed by atoms with Crippen molar-refractivity contribution in [3.05, 3.63) is 22.7 Å². The van der Waals surface area contributed by atoms with Gasteiger partial charge in [-0.1, -0.05) is 6.07 Å². The van der Waals surface area contributed by atoms with E-state index in [0.717, 1.165) is 10.2 Å². The molecule has 1 N–H and O–H groups in total. The fourth-order valence-electron chi connectivity index (χ4n) is 1.43. The van der Waals surface area contributed by atoms with Gasteiger partial charge in [-0.2, -0.15) is 0 Å². The Morgan fingerprint density at radius 2 is 2.36 bits per heavy atom. The number of para-hydroxylation sites is 1. The number of hydrogen-bond donors (Lipinski definition) is 1. The Morgan fingerprint density at radius 3 is 3.14 bits per heavy atom. The minimum atomic E-state index is -0.0880. The van der Waals surface area contributed by atoms with Crippen LogP contribution < -0.4 is 10.1 Å². The van der Waals surface area contributed by atoms with Crippen molar-refractivity contribution in [2.75, 3.05) is 5.32 Å². The van der Waals surface area contributed by atoms with Gasteiger partial charge in [0, 0.05) is 0 Å². The number of benzene rings is 1. The molecule has 0 aliphatic carbocycles. The SMILES string of the molecule is C[C@@H]1CC(=O)Nc2cccc(Br)c2O1. The number of carbonyl (C=O) groups excluding carboxylic acids is 1. The highest BCUT2D eigenvalue weighted by Crippen LogP contribution is 2.35. The first-order chi connectivity index (χ1) is 6.66. The van der Waals surface area contributed by atoms with E-state index >= 15 is 0 Å². The van der Waals surface area contributed by atoms with Crippen LogP contribution in [0.15, 0.2) is 22.7 Å². The zero-order valence-corrected chi connectivity index (χ0v) is 9.30. The fourth-order valence-corrected chi connectivity index (χ4v) is 1.89. The van der Waals surface area contributed by atoms with Crippen LogP contribution in [0.1, 0.15) is 13.3 Å². The molecule has 0 spiro atoms. The maximum absolute atomic E-state index is 11.4. The lowest BCUT2D eigenvalue weighted by Gasteiger charge is -2.12. The minimum Gasteiger partial charge on any atom is -0.487 e. The predicted octanol–water partition coefficient (Wildman–Crippen LogP) is 2.56. The molecule has 4 heteroatoms. The second-order valence-corrected chi connectivity index (χ2v) is 4.15. The molecule has 74 valence electrons. The number of halogens is 1. The Balaban J connectivity index is 2.46. The standard InChI is InChI=1S/C10H10BrNO2/c1-6-5-9(13)12-8-4-2-3-7(11)10(8)14-6/h2-4,6H,5H2,1H3,(H,12,13)/t6-/m1/s1. The van der Waals surface area contributed by atoms with Gasteiger partial charge in [-0.15, -0.1) is 0 Å². The van der Waals surface area contributed by atoms with Crippen molar-refractivity contribution in [3.63, 3.8) is 0 Å². The average molecular weight is 256 g/mol. The molecule has 0 bridgehead atoms. The van der Waals surface area contributed by atoms with Crippen LogP contribution in [0.4, 0.5) is 5.69 Å². The third kappa shape index (κ3) is 1.75. The second kappa shape index (κ2) is 3.61. The first-order valence-corrected chi connectivity index (χ1v) is 5.21. The summed E-state index contributed by atoms with van der Waals surface area (Å²) in [4.78, 5) is 11.4. The van der Waals surface area contributed by atoms with E-state index in [1.54, 1.807) is 0 Å². The van der Waals surface area contributed by atoms with Gasteiger partial charge in [0.05, 0.1) is 16.6 Å². The highest BCUT2D eigenvalue weighted by molar-refractivity contribution is 9.10. The molecular formula is C10H10BrNO2. The van der Waals surface area contributed by atoms with Crippen molar-refractivity contribution in [2.24, 2.45) is 0 Å². The zero-order valence-electron chi connectivity index (χ0n) is 7.71. The first kappa shape index (κ1) is 9.52. The van der Waals surface area contributed by atoms with Gasteiger partial charge in [0.2, 0.25) is 5.91 Å². The molecule has 1 aromatic carbocycles. The van der Waals surface area contributed by atoms with Crippen molar-refractivity contribution < 1.29 is 9.53 Å². The first-order valence-electron chi connectivity index (χ1n) is 4.42. The Kier molecular flexibility index (Phi) is 2.46.